The Bertz CT molecular complexity index is 540. The molecule has 0 radical (unpaired) electrons. The van der Waals surface area contributed by atoms with E-state index in [1.54, 1.807) is 19.2 Å². The number of hydrogen-bond acceptors (Lipinski definition) is 5. The third-order valence-electron chi connectivity index (χ3n) is 3.78. The summed E-state index contributed by atoms with van der Waals surface area (Å²) >= 11 is 0. The highest BCUT2D eigenvalue weighted by molar-refractivity contribution is 5.87. The van der Waals surface area contributed by atoms with Gasteiger partial charge in [0.25, 0.3) is 0 Å². The standard InChI is InChI=1S/C18H28N2O4/c1-11(2)15(19)17(21)20-16(12(3)4)18(22)24-10-13-6-8-14(23-5)9-7-13/h6-9,11-12,15-16H,10,19H2,1-5H3,(H,20,21)/t15?,16-/m0/s1. The lowest BCUT2D eigenvalue weighted by molar-refractivity contribution is -0.150. The summed E-state index contributed by atoms with van der Waals surface area (Å²) in [7, 11) is 1.59. The van der Waals surface area contributed by atoms with Crippen molar-refractivity contribution in [3.05, 3.63) is 29.8 Å². The van der Waals surface area contributed by atoms with Crippen LogP contribution in [0.15, 0.2) is 24.3 Å². The summed E-state index contributed by atoms with van der Waals surface area (Å²) in [5.74, 6) is -0.180. The Balaban J connectivity index is 2.64. The summed E-state index contributed by atoms with van der Waals surface area (Å²) < 4.78 is 10.4. The summed E-state index contributed by atoms with van der Waals surface area (Å²) in [5, 5.41) is 2.69. The summed E-state index contributed by atoms with van der Waals surface area (Å²) in [5.41, 5.74) is 6.67. The van der Waals surface area contributed by atoms with E-state index < -0.39 is 18.1 Å². The summed E-state index contributed by atoms with van der Waals surface area (Å²) in [6.45, 7) is 7.55. The summed E-state index contributed by atoms with van der Waals surface area (Å²) in [6, 6.07) is 5.87. The topological polar surface area (TPSA) is 90.6 Å². The second kappa shape index (κ2) is 9.27. The molecule has 0 aliphatic heterocycles. The normalized spacial score (nSPS) is 13.5. The number of carbonyl (C=O) groups is 2. The van der Waals surface area contributed by atoms with Gasteiger partial charge in [-0.2, -0.15) is 0 Å². The highest BCUT2D eigenvalue weighted by Gasteiger charge is 2.28. The third-order valence-corrected chi connectivity index (χ3v) is 3.78. The van der Waals surface area contributed by atoms with Crippen molar-refractivity contribution in [2.45, 2.75) is 46.4 Å². The SMILES string of the molecule is COc1ccc(COC(=O)[C@@H](NC(=O)C(N)C(C)C)C(C)C)cc1. The lowest BCUT2D eigenvalue weighted by Crippen LogP contribution is -2.52. The highest BCUT2D eigenvalue weighted by Crippen LogP contribution is 2.13. The first-order valence-electron chi connectivity index (χ1n) is 8.11. The zero-order valence-corrected chi connectivity index (χ0v) is 15.0. The number of hydrogen-bond donors (Lipinski definition) is 2. The molecule has 0 aliphatic carbocycles. The maximum absolute atomic E-state index is 12.3. The minimum Gasteiger partial charge on any atom is -0.497 e. The van der Waals surface area contributed by atoms with Crippen LogP contribution >= 0.6 is 0 Å². The molecule has 6 nitrogen and oxygen atoms in total. The summed E-state index contributed by atoms with van der Waals surface area (Å²) in [6.07, 6.45) is 0. The quantitative estimate of drug-likeness (QED) is 0.707. The first kappa shape index (κ1) is 20.0. The number of esters is 1. The van der Waals surface area contributed by atoms with E-state index >= 15 is 0 Å². The van der Waals surface area contributed by atoms with Crippen LogP contribution in [0.25, 0.3) is 0 Å². The largest absolute Gasteiger partial charge is 0.497 e. The molecule has 3 N–H and O–H groups in total. The molecule has 0 heterocycles. The molecule has 2 atom stereocenters. The Hall–Kier alpha value is -2.08. The van der Waals surface area contributed by atoms with Gasteiger partial charge in [-0.25, -0.2) is 4.79 Å². The number of amides is 1. The number of carbonyl (C=O) groups excluding carboxylic acids is 2. The fourth-order valence-electron chi connectivity index (χ4n) is 2.02. The Kier molecular flexibility index (Phi) is 7.71. The van der Waals surface area contributed by atoms with Gasteiger partial charge >= 0.3 is 5.97 Å². The number of nitrogens with two attached hydrogens (primary N) is 1. The number of rotatable bonds is 8. The first-order chi connectivity index (χ1) is 11.3. The molecule has 0 aromatic heterocycles. The highest BCUT2D eigenvalue weighted by atomic mass is 16.5. The molecule has 0 fully saturated rings. The maximum Gasteiger partial charge on any atom is 0.329 e. The number of benzene rings is 1. The molecule has 1 amide bonds. The second-order valence-electron chi connectivity index (χ2n) is 6.46. The number of ether oxygens (including phenoxy) is 2. The van der Waals surface area contributed by atoms with Gasteiger partial charge in [0, 0.05) is 0 Å². The second-order valence-corrected chi connectivity index (χ2v) is 6.46. The molecule has 6 heteroatoms. The average molecular weight is 336 g/mol. The molecule has 1 aromatic rings. The minimum atomic E-state index is -0.722. The first-order valence-corrected chi connectivity index (χ1v) is 8.11. The van der Waals surface area contributed by atoms with E-state index in [1.165, 1.54) is 0 Å². The molecule has 1 rings (SSSR count). The van der Waals surface area contributed by atoms with Crippen molar-refractivity contribution in [1.82, 2.24) is 5.32 Å². The smallest absolute Gasteiger partial charge is 0.329 e. The van der Waals surface area contributed by atoms with Crippen LogP contribution in [0, 0.1) is 11.8 Å². The van der Waals surface area contributed by atoms with Gasteiger partial charge in [0.05, 0.1) is 13.2 Å². The number of methoxy groups -OCH3 is 1. The van der Waals surface area contributed by atoms with E-state index in [9.17, 15) is 9.59 Å². The Morgan fingerprint density at radius 3 is 2.12 bits per heavy atom. The Labute approximate surface area is 143 Å². The fourth-order valence-corrected chi connectivity index (χ4v) is 2.02. The van der Waals surface area contributed by atoms with Crippen molar-refractivity contribution in [3.63, 3.8) is 0 Å². The molecule has 0 aliphatic rings. The van der Waals surface area contributed by atoms with E-state index in [2.05, 4.69) is 5.32 Å². The van der Waals surface area contributed by atoms with Crippen LogP contribution in [0.5, 0.6) is 5.75 Å². The van der Waals surface area contributed by atoms with Crippen LogP contribution in [-0.2, 0) is 20.9 Å². The van der Waals surface area contributed by atoms with E-state index in [4.69, 9.17) is 15.2 Å². The van der Waals surface area contributed by atoms with Gasteiger partial charge in [-0.05, 0) is 29.5 Å². The van der Waals surface area contributed by atoms with E-state index in [0.717, 1.165) is 11.3 Å². The van der Waals surface area contributed by atoms with Crippen molar-refractivity contribution < 1.29 is 19.1 Å². The molecule has 0 spiro atoms. The van der Waals surface area contributed by atoms with Crippen LogP contribution in [0.3, 0.4) is 0 Å². The molecular formula is C18H28N2O4. The molecule has 0 saturated heterocycles. The minimum absolute atomic E-state index is 0.00636. The van der Waals surface area contributed by atoms with Crippen LogP contribution in [0.4, 0.5) is 0 Å². The summed E-state index contributed by atoms with van der Waals surface area (Å²) in [4.78, 5) is 24.4. The lowest BCUT2D eigenvalue weighted by Gasteiger charge is -2.24. The van der Waals surface area contributed by atoms with Crippen molar-refractivity contribution in [2.24, 2.45) is 17.6 Å². The average Bonchev–Trinajstić information content (AvgIpc) is 2.56. The van der Waals surface area contributed by atoms with E-state index in [0.29, 0.717) is 0 Å². The van der Waals surface area contributed by atoms with E-state index in [1.807, 2.05) is 39.8 Å². The molecule has 134 valence electrons. The molecule has 24 heavy (non-hydrogen) atoms. The van der Waals surface area contributed by atoms with E-state index in [-0.39, 0.29) is 24.3 Å². The Morgan fingerprint density at radius 1 is 1.08 bits per heavy atom. The molecule has 0 saturated carbocycles. The van der Waals surface area contributed by atoms with Gasteiger partial charge in [-0.1, -0.05) is 39.8 Å². The maximum atomic E-state index is 12.3. The van der Waals surface area contributed by atoms with Crippen molar-refractivity contribution >= 4 is 11.9 Å². The fraction of sp³-hybridized carbons (Fsp3) is 0.556. The molecule has 0 bridgehead atoms. The van der Waals surface area contributed by atoms with Gasteiger partial charge in [0.15, 0.2) is 0 Å². The van der Waals surface area contributed by atoms with Crippen molar-refractivity contribution in [3.8, 4) is 5.75 Å². The van der Waals surface area contributed by atoms with Gasteiger partial charge in [-0.3, -0.25) is 4.79 Å². The van der Waals surface area contributed by atoms with Crippen molar-refractivity contribution in [2.75, 3.05) is 7.11 Å². The predicted octanol–water partition coefficient (Wildman–Crippen LogP) is 1.86. The van der Waals surface area contributed by atoms with Gasteiger partial charge in [0.1, 0.15) is 18.4 Å². The van der Waals surface area contributed by atoms with Crippen LogP contribution < -0.4 is 15.8 Å². The predicted molar refractivity (Wildman–Crippen MR) is 92.4 cm³/mol. The number of nitrogens with one attached hydrogen (secondary N) is 1. The van der Waals surface area contributed by atoms with Gasteiger partial charge < -0.3 is 20.5 Å². The van der Waals surface area contributed by atoms with Crippen LogP contribution in [-0.4, -0.2) is 31.1 Å². The van der Waals surface area contributed by atoms with Crippen LogP contribution in [0.2, 0.25) is 0 Å². The van der Waals surface area contributed by atoms with Crippen LogP contribution in [0.1, 0.15) is 33.3 Å². The molecule has 1 aromatic carbocycles. The lowest BCUT2D eigenvalue weighted by atomic mass is 10.0. The Morgan fingerprint density at radius 2 is 1.67 bits per heavy atom. The van der Waals surface area contributed by atoms with Gasteiger partial charge in [0.2, 0.25) is 5.91 Å². The molecular weight excluding hydrogens is 308 g/mol. The molecule has 1 unspecified atom stereocenters. The van der Waals surface area contributed by atoms with Gasteiger partial charge in [-0.15, -0.1) is 0 Å². The monoisotopic (exact) mass is 336 g/mol. The zero-order valence-electron chi connectivity index (χ0n) is 15.0. The van der Waals surface area contributed by atoms with Crippen molar-refractivity contribution in [1.29, 1.82) is 0 Å². The third kappa shape index (κ3) is 5.85. The zero-order chi connectivity index (χ0) is 18.3.